The van der Waals surface area contributed by atoms with Gasteiger partial charge in [-0.15, -0.1) is 0 Å². The molecule has 0 atom stereocenters. The maximum absolute atomic E-state index is 11.9. The van der Waals surface area contributed by atoms with Gasteiger partial charge >= 0.3 is 5.97 Å². The van der Waals surface area contributed by atoms with Gasteiger partial charge in [-0.05, 0) is 56.6 Å². The predicted molar refractivity (Wildman–Crippen MR) is 79.7 cm³/mol. The number of rotatable bonds is 6. The number of nitrogens with one attached hydrogen (secondary N) is 1. The molecule has 0 aromatic heterocycles. The number of esters is 1. The molecule has 0 heterocycles. The van der Waals surface area contributed by atoms with Crippen molar-refractivity contribution in [2.75, 3.05) is 17.7 Å². The fourth-order valence-corrected chi connectivity index (χ4v) is 2.79. The number of para-hydroxylation sites is 1. The maximum Gasteiger partial charge on any atom is 0.340 e. The van der Waals surface area contributed by atoms with Crippen molar-refractivity contribution in [3.8, 4) is 0 Å². The minimum absolute atomic E-state index is 0.344. The van der Waals surface area contributed by atoms with E-state index in [1.807, 2.05) is 12.1 Å². The number of benzene rings is 1. The number of anilines is 2. The Hall–Kier alpha value is -1.71. The van der Waals surface area contributed by atoms with Crippen LogP contribution in [0.1, 0.15) is 43.0 Å². The molecule has 2 aliphatic carbocycles. The average molecular weight is 274 g/mol. The zero-order chi connectivity index (χ0) is 14.1. The zero-order valence-corrected chi connectivity index (χ0v) is 11.9. The van der Waals surface area contributed by atoms with E-state index in [0.29, 0.717) is 23.9 Å². The van der Waals surface area contributed by atoms with Gasteiger partial charge in [0.25, 0.3) is 0 Å². The van der Waals surface area contributed by atoms with Crippen LogP contribution in [0.25, 0.3) is 0 Å². The number of ether oxygens (including phenoxy) is 1. The van der Waals surface area contributed by atoms with Crippen LogP contribution in [0.3, 0.4) is 0 Å². The first-order valence-corrected chi connectivity index (χ1v) is 7.53. The number of hydrogen-bond donors (Lipinski definition) is 2. The highest BCUT2D eigenvalue weighted by Gasteiger charge is 2.41. The summed E-state index contributed by atoms with van der Waals surface area (Å²) in [5, 5.41) is 3.58. The Morgan fingerprint density at radius 2 is 2.00 bits per heavy atom. The monoisotopic (exact) mass is 274 g/mol. The quantitative estimate of drug-likeness (QED) is 0.618. The summed E-state index contributed by atoms with van der Waals surface area (Å²) in [4.78, 5) is 11.9. The van der Waals surface area contributed by atoms with Gasteiger partial charge in [0, 0.05) is 6.04 Å². The van der Waals surface area contributed by atoms with Crippen LogP contribution in [-0.4, -0.2) is 18.6 Å². The lowest BCUT2D eigenvalue weighted by Gasteiger charge is -2.21. The van der Waals surface area contributed by atoms with Crippen LogP contribution in [-0.2, 0) is 4.74 Å². The molecule has 3 rings (SSSR count). The number of carbonyl (C=O) groups is 1. The molecule has 108 valence electrons. The lowest BCUT2D eigenvalue weighted by molar-refractivity contribution is 0.0527. The van der Waals surface area contributed by atoms with Gasteiger partial charge in [0.15, 0.2) is 0 Å². The third kappa shape index (κ3) is 2.74. The van der Waals surface area contributed by atoms with Crippen molar-refractivity contribution in [3.05, 3.63) is 23.8 Å². The van der Waals surface area contributed by atoms with Gasteiger partial charge < -0.3 is 15.8 Å². The molecule has 2 fully saturated rings. The van der Waals surface area contributed by atoms with Crippen LogP contribution in [0.2, 0.25) is 0 Å². The Balaban J connectivity index is 1.78. The van der Waals surface area contributed by atoms with Gasteiger partial charge in [0.2, 0.25) is 0 Å². The largest absolute Gasteiger partial charge is 0.462 e. The minimum atomic E-state index is -0.344. The van der Waals surface area contributed by atoms with E-state index in [1.165, 1.54) is 25.7 Å². The van der Waals surface area contributed by atoms with E-state index in [2.05, 4.69) is 5.32 Å². The molecule has 0 unspecified atom stereocenters. The average Bonchev–Trinajstić information content (AvgIpc) is 3.29. The van der Waals surface area contributed by atoms with E-state index in [4.69, 9.17) is 10.5 Å². The molecule has 0 radical (unpaired) electrons. The Labute approximate surface area is 119 Å². The molecule has 3 N–H and O–H groups in total. The molecular weight excluding hydrogens is 252 g/mol. The van der Waals surface area contributed by atoms with Crippen LogP contribution in [0.4, 0.5) is 11.4 Å². The zero-order valence-electron chi connectivity index (χ0n) is 11.9. The van der Waals surface area contributed by atoms with Crippen LogP contribution in [0, 0.1) is 11.8 Å². The molecule has 20 heavy (non-hydrogen) atoms. The molecule has 0 amide bonds. The van der Waals surface area contributed by atoms with Crippen LogP contribution in [0.5, 0.6) is 0 Å². The van der Waals surface area contributed by atoms with E-state index in [0.717, 1.165) is 17.5 Å². The standard InChI is InChI=1S/C16H22N2O2/c1-2-20-16(19)12-4-3-5-13(14(12)17)18-15(10-6-7-10)11-8-9-11/h3-5,10-11,15,18H,2,6-9,17H2,1H3. The van der Waals surface area contributed by atoms with E-state index in [9.17, 15) is 4.79 Å². The molecular formula is C16H22N2O2. The lowest BCUT2D eigenvalue weighted by atomic mass is 10.1. The summed E-state index contributed by atoms with van der Waals surface area (Å²) in [6, 6.07) is 6.06. The van der Waals surface area contributed by atoms with Crippen molar-refractivity contribution >= 4 is 17.3 Å². The van der Waals surface area contributed by atoms with Crippen molar-refractivity contribution in [2.45, 2.75) is 38.6 Å². The van der Waals surface area contributed by atoms with Gasteiger partial charge in [-0.25, -0.2) is 4.79 Å². The third-order valence-electron chi connectivity index (χ3n) is 4.18. The fourth-order valence-electron chi connectivity index (χ4n) is 2.79. The van der Waals surface area contributed by atoms with Gasteiger partial charge in [0.1, 0.15) is 0 Å². The Kier molecular flexibility index (Phi) is 3.55. The predicted octanol–water partition coefficient (Wildman–Crippen LogP) is 3.05. The van der Waals surface area contributed by atoms with Crippen LogP contribution < -0.4 is 11.1 Å². The van der Waals surface area contributed by atoms with Crippen LogP contribution in [0.15, 0.2) is 18.2 Å². The fraction of sp³-hybridized carbons (Fsp3) is 0.562. The van der Waals surface area contributed by atoms with Gasteiger partial charge in [-0.3, -0.25) is 0 Å². The first-order valence-electron chi connectivity index (χ1n) is 7.53. The summed E-state index contributed by atoms with van der Waals surface area (Å²) < 4.78 is 5.04. The first-order chi connectivity index (χ1) is 9.70. The van der Waals surface area contributed by atoms with E-state index in [1.54, 1.807) is 13.0 Å². The molecule has 0 aliphatic heterocycles. The SMILES string of the molecule is CCOC(=O)c1cccc(NC(C2CC2)C2CC2)c1N. The Morgan fingerprint density at radius 1 is 1.35 bits per heavy atom. The Bertz CT molecular complexity index is 495. The van der Waals surface area contributed by atoms with Gasteiger partial charge in [0.05, 0.1) is 23.5 Å². The minimum Gasteiger partial charge on any atom is -0.462 e. The molecule has 0 spiro atoms. The third-order valence-corrected chi connectivity index (χ3v) is 4.18. The highest BCUT2D eigenvalue weighted by Crippen LogP contribution is 2.46. The van der Waals surface area contributed by atoms with Crippen molar-refractivity contribution in [3.63, 3.8) is 0 Å². The van der Waals surface area contributed by atoms with Gasteiger partial charge in [-0.1, -0.05) is 6.07 Å². The van der Waals surface area contributed by atoms with E-state index >= 15 is 0 Å². The smallest absolute Gasteiger partial charge is 0.340 e. The normalized spacial score (nSPS) is 18.1. The highest BCUT2D eigenvalue weighted by atomic mass is 16.5. The van der Waals surface area contributed by atoms with Gasteiger partial charge in [-0.2, -0.15) is 0 Å². The molecule has 0 saturated heterocycles. The van der Waals surface area contributed by atoms with E-state index in [-0.39, 0.29) is 5.97 Å². The van der Waals surface area contributed by atoms with Crippen molar-refractivity contribution < 1.29 is 9.53 Å². The summed E-state index contributed by atoms with van der Waals surface area (Å²) in [7, 11) is 0. The Morgan fingerprint density at radius 3 is 2.55 bits per heavy atom. The van der Waals surface area contributed by atoms with Crippen molar-refractivity contribution in [1.29, 1.82) is 0 Å². The highest BCUT2D eigenvalue weighted by molar-refractivity contribution is 5.98. The molecule has 1 aromatic carbocycles. The molecule has 0 bridgehead atoms. The molecule has 4 heteroatoms. The molecule has 2 saturated carbocycles. The second kappa shape index (κ2) is 5.35. The number of hydrogen-bond acceptors (Lipinski definition) is 4. The first kappa shape index (κ1) is 13.3. The topological polar surface area (TPSA) is 64.3 Å². The second-order valence-corrected chi connectivity index (χ2v) is 5.83. The molecule has 4 nitrogen and oxygen atoms in total. The summed E-state index contributed by atoms with van der Waals surface area (Å²) in [6.07, 6.45) is 5.24. The molecule has 1 aromatic rings. The van der Waals surface area contributed by atoms with Crippen molar-refractivity contribution in [1.82, 2.24) is 0 Å². The molecule has 2 aliphatic rings. The van der Waals surface area contributed by atoms with E-state index < -0.39 is 0 Å². The summed E-state index contributed by atoms with van der Waals surface area (Å²) in [5.41, 5.74) is 7.99. The summed E-state index contributed by atoms with van der Waals surface area (Å²) in [6.45, 7) is 2.16. The second-order valence-electron chi connectivity index (χ2n) is 5.83. The lowest BCUT2D eigenvalue weighted by Crippen LogP contribution is -2.25. The summed E-state index contributed by atoms with van der Waals surface area (Å²) >= 11 is 0. The number of nitrogen functional groups attached to an aromatic ring is 1. The maximum atomic E-state index is 11.9. The van der Waals surface area contributed by atoms with Crippen LogP contribution >= 0.6 is 0 Å². The number of carbonyl (C=O) groups excluding carboxylic acids is 1. The van der Waals surface area contributed by atoms with Crippen molar-refractivity contribution in [2.24, 2.45) is 11.8 Å². The number of nitrogens with two attached hydrogens (primary N) is 1. The summed E-state index contributed by atoms with van der Waals surface area (Å²) in [5.74, 6) is 1.23.